The number of urea groups is 1. The van der Waals surface area contributed by atoms with Crippen molar-refractivity contribution in [1.29, 1.82) is 0 Å². The third kappa shape index (κ3) is 5.51. The first-order valence-electron chi connectivity index (χ1n) is 6.88. The first-order chi connectivity index (χ1) is 11.1. The molecule has 0 aliphatic rings. The van der Waals surface area contributed by atoms with Crippen molar-refractivity contribution in [2.24, 2.45) is 0 Å². The van der Waals surface area contributed by atoms with E-state index in [0.29, 0.717) is 0 Å². The Labute approximate surface area is 142 Å². The lowest BCUT2D eigenvalue weighted by Gasteiger charge is -2.14. The quantitative estimate of drug-likeness (QED) is 0.471. The van der Waals surface area contributed by atoms with E-state index in [2.05, 4.69) is 5.32 Å². The fourth-order valence-corrected chi connectivity index (χ4v) is 1.78. The fourth-order valence-electron chi connectivity index (χ4n) is 1.62. The zero-order chi connectivity index (χ0) is 18.4. The van der Waals surface area contributed by atoms with Gasteiger partial charge in [-0.25, -0.2) is 9.59 Å². The minimum Gasteiger partial charge on any atom is -0.449 e. The Hall–Kier alpha value is -2.68. The minimum atomic E-state index is -1.33. The number of amides is 3. The molecule has 1 aromatic carbocycles. The lowest BCUT2D eigenvalue weighted by atomic mass is 10.2. The van der Waals surface area contributed by atoms with E-state index in [0.717, 1.165) is 12.1 Å². The van der Waals surface area contributed by atoms with Gasteiger partial charge in [-0.2, -0.15) is 0 Å². The summed E-state index contributed by atoms with van der Waals surface area (Å²) >= 11 is 5.66. The Morgan fingerprint density at radius 3 is 2.42 bits per heavy atom. The van der Waals surface area contributed by atoms with Crippen molar-refractivity contribution in [2.45, 2.75) is 32.9 Å². The highest BCUT2D eigenvalue weighted by molar-refractivity contribution is 6.31. The van der Waals surface area contributed by atoms with Gasteiger partial charge in [0, 0.05) is 17.1 Å². The van der Waals surface area contributed by atoms with Crippen LogP contribution in [0.3, 0.4) is 0 Å². The van der Waals surface area contributed by atoms with Crippen molar-refractivity contribution in [1.82, 2.24) is 10.6 Å². The smallest absolute Gasteiger partial charge is 0.345 e. The number of halogens is 1. The molecular formula is C14H16ClN3O6. The lowest BCUT2D eigenvalue weighted by Crippen LogP contribution is -2.46. The van der Waals surface area contributed by atoms with E-state index in [-0.39, 0.29) is 16.6 Å². The third-order valence-corrected chi connectivity index (χ3v) is 2.92. The lowest BCUT2D eigenvalue weighted by molar-refractivity contribution is -0.385. The summed E-state index contributed by atoms with van der Waals surface area (Å²) in [5.74, 6) is -1.94. The Bertz CT molecular complexity index is 676. The molecule has 0 heterocycles. The van der Waals surface area contributed by atoms with Crippen molar-refractivity contribution >= 4 is 35.2 Å². The molecule has 9 nitrogen and oxygen atoms in total. The zero-order valence-electron chi connectivity index (χ0n) is 13.2. The average Bonchev–Trinajstić information content (AvgIpc) is 2.45. The molecular weight excluding hydrogens is 342 g/mol. The van der Waals surface area contributed by atoms with E-state index < -0.39 is 34.6 Å². The normalized spacial score (nSPS) is 11.5. The number of ether oxygens (including phenoxy) is 1. The number of esters is 1. The number of hydrogen-bond donors (Lipinski definition) is 2. The standard InChI is InChI=1S/C14H16ClN3O6/c1-7(2)16-14(21)17-12(19)8(3)24-13(20)10-5-4-9(15)6-11(10)18(22)23/h4-8H,1-3H3,(H2,16,17,19,21). The van der Waals surface area contributed by atoms with Crippen LogP contribution < -0.4 is 10.6 Å². The van der Waals surface area contributed by atoms with Gasteiger partial charge in [0.25, 0.3) is 11.6 Å². The second kappa shape index (κ2) is 8.25. The van der Waals surface area contributed by atoms with Crippen LogP contribution in [-0.2, 0) is 9.53 Å². The molecule has 130 valence electrons. The number of benzene rings is 1. The zero-order valence-corrected chi connectivity index (χ0v) is 13.9. The molecule has 1 unspecified atom stereocenters. The highest BCUT2D eigenvalue weighted by Gasteiger charge is 2.26. The Morgan fingerprint density at radius 2 is 1.88 bits per heavy atom. The van der Waals surface area contributed by atoms with Crippen LogP contribution >= 0.6 is 11.6 Å². The molecule has 1 atom stereocenters. The molecule has 0 spiro atoms. The van der Waals surface area contributed by atoms with Crippen LogP contribution in [0.4, 0.5) is 10.5 Å². The maximum atomic E-state index is 12.0. The average molecular weight is 358 g/mol. The molecule has 0 aliphatic carbocycles. The van der Waals surface area contributed by atoms with Gasteiger partial charge in [0.15, 0.2) is 6.10 Å². The first-order valence-corrected chi connectivity index (χ1v) is 7.26. The van der Waals surface area contributed by atoms with Crippen LogP contribution in [0.1, 0.15) is 31.1 Å². The summed E-state index contributed by atoms with van der Waals surface area (Å²) in [5.41, 5.74) is -0.895. The van der Waals surface area contributed by atoms with Crippen molar-refractivity contribution in [2.75, 3.05) is 0 Å². The summed E-state index contributed by atoms with van der Waals surface area (Å²) in [7, 11) is 0. The van der Waals surface area contributed by atoms with Crippen LogP contribution in [0.5, 0.6) is 0 Å². The van der Waals surface area contributed by atoms with E-state index in [1.807, 2.05) is 5.32 Å². The summed E-state index contributed by atoms with van der Waals surface area (Å²) < 4.78 is 4.86. The molecule has 3 amide bonds. The van der Waals surface area contributed by atoms with Gasteiger partial charge >= 0.3 is 12.0 Å². The number of carbonyl (C=O) groups is 3. The number of imide groups is 1. The molecule has 24 heavy (non-hydrogen) atoms. The molecule has 1 rings (SSSR count). The number of nitro benzene ring substituents is 1. The number of nitrogens with one attached hydrogen (secondary N) is 2. The summed E-state index contributed by atoms with van der Waals surface area (Å²) in [6.07, 6.45) is -1.33. The summed E-state index contributed by atoms with van der Waals surface area (Å²) in [5, 5.41) is 15.5. The first kappa shape index (κ1) is 19.4. The monoisotopic (exact) mass is 357 g/mol. The highest BCUT2D eigenvalue weighted by atomic mass is 35.5. The van der Waals surface area contributed by atoms with E-state index >= 15 is 0 Å². The van der Waals surface area contributed by atoms with E-state index in [1.54, 1.807) is 13.8 Å². The largest absolute Gasteiger partial charge is 0.449 e. The summed E-state index contributed by atoms with van der Waals surface area (Å²) in [6, 6.07) is 2.48. The molecule has 0 aliphatic heterocycles. The highest BCUT2D eigenvalue weighted by Crippen LogP contribution is 2.24. The van der Waals surface area contributed by atoms with Gasteiger partial charge in [-0.15, -0.1) is 0 Å². The second-order valence-electron chi connectivity index (χ2n) is 5.08. The van der Waals surface area contributed by atoms with Crippen LogP contribution in [0.2, 0.25) is 5.02 Å². The van der Waals surface area contributed by atoms with Crippen molar-refractivity contribution in [3.8, 4) is 0 Å². The van der Waals surface area contributed by atoms with Crippen LogP contribution in [-0.4, -0.2) is 35.0 Å². The maximum Gasteiger partial charge on any atom is 0.345 e. The number of nitro groups is 1. The van der Waals surface area contributed by atoms with Crippen molar-refractivity contribution in [3.63, 3.8) is 0 Å². The molecule has 10 heteroatoms. The van der Waals surface area contributed by atoms with Crippen molar-refractivity contribution < 1.29 is 24.0 Å². The van der Waals surface area contributed by atoms with E-state index in [9.17, 15) is 24.5 Å². The van der Waals surface area contributed by atoms with Crippen LogP contribution in [0.15, 0.2) is 18.2 Å². The van der Waals surface area contributed by atoms with Crippen LogP contribution in [0, 0.1) is 10.1 Å². The Morgan fingerprint density at radius 1 is 1.25 bits per heavy atom. The topological polar surface area (TPSA) is 128 Å². The third-order valence-electron chi connectivity index (χ3n) is 2.69. The number of rotatable bonds is 5. The molecule has 0 fully saturated rings. The predicted molar refractivity (Wildman–Crippen MR) is 84.8 cm³/mol. The predicted octanol–water partition coefficient (Wildman–Crippen LogP) is 2.03. The van der Waals surface area contributed by atoms with E-state index in [1.165, 1.54) is 13.0 Å². The fraction of sp³-hybridized carbons (Fsp3) is 0.357. The van der Waals surface area contributed by atoms with Gasteiger partial charge in [-0.1, -0.05) is 11.6 Å². The molecule has 2 N–H and O–H groups in total. The van der Waals surface area contributed by atoms with Crippen LogP contribution in [0.25, 0.3) is 0 Å². The Balaban J connectivity index is 2.79. The molecule has 0 saturated carbocycles. The molecule has 0 saturated heterocycles. The summed E-state index contributed by atoms with van der Waals surface area (Å²) in [4.78, 5) is 45.4. The molecule has 0 bridgehead atoms. The van der Waals surface area contributed by atoms with Gasteiger partial charge in [-0.05, 0) is 32.9 Å². The minimum absolute atomic E-state index is 0.0781. The number of nitrogens with zero attached hydrogens (tertiary/aromatic N) is 1. The SMILES string of the molecule is CC(C)NC(=O)NC(=O)C(C)OC(=O)c1ccc(Cl)cc1[N+](=O)[O-]. The van der Waals surface area contributed by atoms with Gasteiger partial charge in [-0.3, -0.25) is 20.2 Å². The van der Waals surface area contributed by atoms with Gasteiger partial charge < -0.3 is 10.1 Å². The Kier molecular flexibility index (Phi) is 6.66. The van der Waals surface area contributed by atoms with Gasteiger partial charge in [0.2, 0.25) is 0 Å². The molecule has 0 aromatic heterocycles. The molecule has 1 aromatic rings. The number of carbonyl (C=O) groups excluding carboxylic acids is 3. The van der Waals surface area contributed by atoms with Crippen molar-refractivity contribution in [3.05, 3.63) is 38.9 Å². The van der Waals surface area contributed by atoms with Gasteiger partial charge in [0.1, 0.15) is 5.56 Å². The maximum absolute atomic E-state index is 12.0. The van der Waals surface area contributed by atoms with E-state index in [4.69, 9.17) is 16.3 Å². The molecule has 0 radical (unpaired) electrons. The van der Waals surface area contributed by atoms with Gasteiger partial charge in [0.05, 0.1) is 4.92 Å². The summed E-state index contributed by atoms with van der Waals surface area (Å²) in [6.45, 7) is 4.64. The second-order valence-corrected chi connectivity index (χ2v) is 5.52. The number of hydrogen-bond acceptors (Lipinski definition) is 6.